The number of rotatable bonds is 3. The first-order valence-corrected chi connectivity index (χ1v) is 21.6. The maximum Gasteiger partial charge on any atom is 0.136 e. The minimum absolute atomic E-state index is 0.100. The fraction of sp³-hybridized carbons (Fsp3) is 0.100. The Morgan fingerprint density at radius 2 is 0.787 bits per heavy atom. The first kappa shape index (κ1) is 34.6. The van der Waals surface area contributed by atoms with Gasteiger partial charge in [0.15, 0.2) is 0 Å². The minimum atomic E-state index is -0.110. The Hall–Kier alpha value is -7.22. The molecule has 1 nitrogen and oxygen atoms in total. The van der Waals surface area contributed by atoms with Crippen molar-refractivity contribution in [3.8, 4) is 55.6 Å². The predicted molar refractivity (Wildman–Crippen MR) is 258 cm³/mol. The lowest BCUT2D eigenvalue weighted by Gasteiger charge is -2.24. The summed E-state index contributed by atoms with van der Waals surface area (Å²) in [5.74, 6) is 0. The molecule has 288 valence electrons. The van der Waals surface area contributed by atoms with Gasteiger partial charge < -0.3 is 4.42 Å². The van der Waals surface area contributed by atoms with Gasteiger partial charge in [-0.3, -0.25) is 0 Å². The molecular formula is C60H42O. The second kappa shape index (κ2) is 12.2. The van der Waals surface area contributed by atoms with Gasteiger partial charge in [-0.2, -0.15) is 0 Å². The van der Waals surface area contributed by atoms with E-state index >= 15 is 0 Å². The topological polar surface area (TPSA) is 13.1 Å². The lowest BCUT2D eigenvalue weighted by Crippen LogP contribution is -2.15. The van der Waals surface area contributed by atoms with Gasteiger partial charge in [-0.15, -0.1) is 0 Å². The maximum atomic E-state index is 6.60. The van der Waals surface area contributed by atoms with Crippen LogP contribution in [0.1, 0.15) is 49.9 Å². The Kier molecular flexibility index (Phi) is 6.91. The Labute approximate surface area is 355 Å². The molecule has 2 aliphatic rings. The fourth-order valence-corrected chi connectivity index (χ4v) is 11.4. The second-order valence-corrected chi connectivity index (χ2v) is 18.4. The van der Waals surface area contributed by atoms with E-state index in [0.29, 0.717) is 0 Å². The molecule has 10 aromatic carbocycles. The lowest BCUT2D eigenvalue weighted by molar-refractivity contribution is 0.660. The van der Waals surface area contributed by atoms with Crippen LogP contribution in [0.5, 0.6) is 0 Å². The highest BCUT2D eigenvalue weighted by Crippen LogP contribution is 2.54. The van der Waals surface area contributed by atoms with Gasteiger partial charge in [0.05, 0.1) is 0 Å². The lowest BCUT2D eigenvalue weighted by atomic mass is 9.79. The van der Waals surface area contributed by atoms with Crippen LogP contribution in [0.2, 0.25) is 0 Å². The molecule has 0 atom stereocenters. The molecule has 13 rings (SSSR count). The molecule has 0 fully saturated rings. The van der Waals surface area contributed by atoms with Gasteiger partial charge in [-0.1, -0.05) is 173 Å². The van der Waals surface area contributed by atoms with E-state index in [0.717, 1.165) is 22.1 Å². The number of benzene rings is 10. The zero-order chi connectivity index (χ0) is 40.8. The molecule has 0 bridgehead atoms. The molecule has 0 saturated carbocycles. The van der Waals surface area contributed by atoms with Crippen LogP contribution in [-0.2, 0) is 10.8 Å². The van der Waals surface area contributed by atoms with Crippen molar-refractivity contribution in [3.63, 3.8) is 0 Å². The van der Waals surface area contributed by atoms with E-state index in [1.165, 1.54) is 110 Å². The van der Waals surface area contributed by atoms with Crippen molar-refractivity contribution in [3.05, 3.63) is 204 Å². The van der Waals surface area contributed by atoms with Crippen LogP contribution in [0.15, 0.2) is 186 Å². The summed E-state index contributed by atoms with van der Waals surface area (Å²) in [6.45, 7) is 9.51. The molecule has 11 aromatic rings. The molecule has 0 aliphatic heterocycles. The summed E-state index contributed by atoms with van der Waals surface area (Å²) >= 11 is 0. The number of furan rings is 1. The summed E-state index contributed by atoms with van der Waals surface area (Å²) in [4.78, 5) is 0. The molecule has 0 saturated heterocycles. The molecular weight excluding hydrogens is 737 g/mol. The highest BCUT2D eigenvalue weighted by molar-refractivity contribution is 6.23. The van der Waals surface area contributed by atoms with Crippen molar-refractivity contribution in [1.29, 1.82) is 0 Å². The van der Waals surface area contributed by atoms with Crippen LogP contribution in [0.3, 0.4) is 0 Å². The zero-order valence-electron chi connectivity index (χ0n) is 34.7. The number of hydrogen-bond acceptors (Lipinski definition) is 1. The van der Waals surface area contributed by atoms with Crippen LogP contribution in [-0.4, -0.2) is 0 Å². The number of fused-ring (bicyclic) bond motifs is 13. The van der Waals surface area contributed by atoms with E-state index in [2.05, 4.69) is 210 Å². The Bertz CT molecular complexity index is 3700. The van der Waals surface area contributed by atoms with Gasteiger partial charge in [-0.05, 0) is 147 Å². The minimum Gasteiger partial charge on any atom is -0.456 e. The molecule has 0 spiro atoms. The summed E-state index contributed by atoms with van der Waals surface area (Å²) in [5.41, 5.74) is 19.9. The quantitative estimate of drug-likeness (QED) is 0.163. The van der Waals surface area contributed by atoms with Gasteiger partial charge in [0.25, 0.3) is 0 Å². The van der Waals surface area contributed by atoms with Crippen molar-refractivity contribution < 1.29 is 4.42 Å². The molecule has 0 unspecified atom stereocenters. The third kappa shape index (κ3) is 4.72. The Morgan fingerprint density at radius 1 is 0.311 bits per heavy atom. The van der Waals surface area contributed by atoms with Gasteiger partial charge in [0.1, 0.15) is 11.2 Å². The summed E-state index contributed by atoms with van der Waals surface area (Å²) in [6, 6.07) is 68.2. The van der Waals surface area contributed by atoms with E-state index in [1.807, 2.05) is 0 Å². The zero-order valence-corrected chi connectivity index (χ0v) is 34.7. The molecule has 0 radical (unpaired) electrons. The average molecular weight is 779 g/mol. The first-order chi connectivity index (χ1) is 29.8. The predicted octanol–water partition coefficient (Wildman–Crippen LogP) is 16.7. The molecule has 2 aliphatic carbocycles. The van der Waals surface area contributed by atoms with E-state index in [4.69, 9.17) is 4.42 Å². The van der Waals surface area contributed by atoms with E-state index in [1.54, 1.807) is 0 Å². The third-order valence-electron chi connectivity index (χ3n) is 14.5. The highest BCUT2D eigenvalue weighted by atomic mass is 16.3. The maximum absolute atomic E-state index is 6.60. The van der Waals surface area contributed by atoms with Crippen LogP contribution in [0.25, 0.3) is 110 Å². The normalized spacial score (nSPS) is 14.5. The summed E-state index contributed by atoms with van der Waals surface area (Å²) in [7, 11) is 0. The largest absolute Gasteiger partial charge is 0.456 e. The summed E-state index contributed by atoms with van der Waals surface area (Å²) < 4.78 is 6.60. The van der Waals surface area contributed by atoms with Crippen molar-refractivity contribution in [2.24, 2.45) is 0 Å². The second-order valence-electron chi connectivity index (χ2n) is 18.4. The summed E-state index contributed by atoms with van der Waals surface area (Å²) in [5, 5.41) is 9.81. The van der Waals surface area contributed by atoms with Gasteiger partial charge in [0, 0.05) is 21.6 Å². The highest BCUT2D eigenvalue weighted by Gasteiger charge is 2.37. The molecule has 0 N–H and O–H groups in total. The van der Waals surface area contributed by atoms with Crippen LogP contribution in [0, 0.1) is 0 Å². The van der Waals surface area contributed by atoms with Crippen molar-refractivity contribution in [2.45, 2.75) is 38.5 Å². The van der Waals surface area contributed by atoms with Crippen LogP contribution >= 0.6 is 0 Å². The fourth-order valence-electron chi connectivity index (χ4n) is 11.4. The standard InChI is InChI=1S/C60H42O/c1-59(2)50-19-11-9-15-41(50)43-26-23-38(32-52(43)59)56-45-17-7-8-18-46(45)57(39-24-27-44-42-16-10-12-20-51(42)60(3,4)53(44)33-39)49-31-36(21-28-47(49)56)37-22-29-48-55(34-37)61-54-30-25-35-13-5-6-14-40(35)58(48)54/h5-34H,1-4H3. The Morgan fingerprint density at radius 3 is 1.43 bits per heavy atom. The first-order valence-electron chi connectivity index (χ1n) is 21.6. The van der Waals surface area contributed by atoms with Gasteiger partial charge in [-0.25, -0.2) is 0 Å². The van der Waals surface area contributed by atoms with Crippen molar-refractivity contribution in [1.82, 2.24) is 0 Å². The van der Waals surface area contributed by atoms with E-state index < -0.39 is 0 Å². The van der Waals surface area contributed by atoms with E-state index in [9.17, 15) is 0 Å². The molecule has 1 heterocycles. The third-order valence-corrected chi connectivity index (χ3v) is 14.5. The molecule has 1 aromatic heterocycles. The molecule has 1 heteroatoms. The molecule has 0 amide bonds. The smallest absolute Gasteiger partial charge is 0.136 e. The Balaban J connectivity index is 1.08. The van der Waals surface area contributed by atoms with E-state index in [-0.39, 0.29) is 10.8 Å². The molecule has 61 heavy (non-hydrogen) atoms. The average Bonchev–Trinajstić information content (AvgIpc) is 3.87. The van der Waals surface area contributed by atoms with Gasteiger partial charge >= 0.3 is 0 Å². The monoisotopic (exact) mass is 778 g/mol. The van der Waals surface area contributed by atoms with Gasteiger partial charge in [0.2, 0.25) is 0 Å². The van der Waals surface area contributed by atoms with Crippen molar-refractivity contribution in [2.75, 3.05) is 0 Å². The van der Waals surface area contributed by atoms with Crippen LogP contribution < -0.4 is 0 Å². The van der Waals surface area contributed by atoms with Crippen molar-refractivity contribution >= 4 is 54.3 Å². The summed E-state index contributed by atoms with van der Waals surface area (Å²) in [6.07, 6.45) is 0. The SMILES string of the molecule is CC1(C)c2ccccc2-c2ccc(-c3c4ccccc4c(-c4ccc5c(c4)C(C)(C)c4ccccc4-5)c4cc(-c5ccc6c(c5)oc5ccc7ccccc7c56)ccc34)cc21. The number of hydrogen-bond donors (Lipinski definition) is 0. The van der Waals surface area contributed by atoms with Crippen LogP contribution in [0.4, 0.5) is 0 Å².